The van der Waals surface area contributed by atoms with Gasteiger partial charge in [0, 0.05) is 50.8 Å². The van der Waals surface area contributed by atoms with Crippen LogP contribution in [0.3, 0.4) is 0 Å². The third kappa shape index (κ3) is 5.32. The number of hydrogen-bond donors (Lipinski definition) is 0. The minimum Gasteiger partial charge on any atom is -0.490 e. The lowest BCUT2D eigenvalue weighted by Gasteiger charge is -2.17. The largest absolute Gasteiger partial charge is 0.490 e. The van der Waals surface area contributed by atoms with Gasteiger partial charge in [-0.05, 0) is 62.2 Å². The van der Waals surface area contributed by atoms with E-state index in [2.05, 4.69) is 10.1 Å². The van der Waals surface area contributed by atoms with Gasteiger partial charge in [0.05, 0.1) is 13.2 Å². The highest BCUT2D eigenvalue weighted by molar-refractivity contribution is 5.79. The molecule has 1 unspecified atom stereocenters. The Morgan fingerprint density at radius 2 is 1.79 bits per heavy atom. The molecule has 0 bridgehead atoms. The Kier molecular flexibility index (Phi) is 7.35. The highest BCUT2D eigenvalue weighted by atomic mass is 16.5. The van der Waals surface area contributed by atoms with Gasteiger partial charge < -0.3 is 23.8 Å². The van der Waals surface area contributed by atoms with Gasteiger partial charge in [-0.2, -0.15) is 4.98 Å². The number of hydrogen-bond acceptors (Lipinski definition) is 7. The van der Waals surface area contributed by atoms with E-state index in [1.54, 1.807) is 0 Å². The predicted octanol–water partition coefficient (Wildman–Crippen LogP) is 4.16. The maximum Gasteiger partial charge on any atom is 0.257 e. The van der Waals surface area contributed by atoms with Gasteiger partial charge in [0.25, 0.3) is 5.89 Å². The minimum absolute atomic E-state index is 0.0645. The predicted molar refractivity (Wildman–Crippen MR) is 130 cm³/mol. The molecule has 0 N–H and O–H groups in total. The molecule has 1 aliphatic rings. The zero-order chi connectivity index (χ0) is 24.1. The number of carbonyl (C=O) groups is 1. The smallest absolute Gasteiger partial charge is 0.257 e. The molecule has 0 aliphatic carbocycles. The van der Waals surface area contributed by atoms with Crippen LogP contribution in [-0.2, 0) is 11.2 Å². The van der Waals surface area contributed by atoms with E-state index in [0.29, 0.717) is 44.4 Å². The fraction of sp³-hybridized carbons (Fsp3) is 0.423. The summed E-state index contributed by atoms with van der Waals surface area (Å²) < 4.78 is 16.9. The molecule has 8 nitrogen and oxygen atoms in total. The molecule has 1 aliphatic heterocycles. The number of nitrogens with zero attached hydrogens (tertiary/aromatic N) is 4. The number of likely N-dealkylation sites (tertiary alicyclic amines) is 1. The lowest BCUT2D eigenvalue weighted by molar-refractivity contribution is -0.127. The molecule has 0 saturated carbocycles. The molecule has 1 amide bonds. The van der Waals surface area contributed by atoms with Crippen molar-refractivity contribution < 1.29 is 18.8 Å². The van der Waals surface area contributed by atoms with E-state index in [0.717, 1.165) is 34.7 Å². The highest BCUT2D eigenvalue weighted by Crippen LogP contribution is 2.31. The van der Waals surface area contributed by atoms with Crippen LogP contribution in [0.1, 0.15) is 37.6 Å². The fourth-order valence-electron chi connectivity index (χ4n) is 4.10. The molecular formula is C26H32N4O4. The molecule has 180 valence electrons. The first-order chi connectivity index (χ1) is 16.5. The molecule has 4 rings (SSSR count). The number of amides is 1. The Labute approximate surface area is 200 Å². The molecule has 1 fully saturated rings. The first-order valence-corrected chi connectivity index (χ1v) is 11.8. The highest BCUT2D eigenvalue weighted by Gasteiger charge is 2.33. The molecular weight excluding hydrogens is 432 g/mol. The first-order valence-electron chi connectivity index (χ1n) is 11.8. The second kappa shape index (κ2) is 10.6. The molecule has 2 aromatic carbocycles. The number of carbonyl (C=O) groups excluding carboxylic acids is 1. The Morgan fingerprint density at radius 3 is 2.50 bits per heavy atom. The quantitative estimate of drug-likeness (QED) is 0.446. The van der Waals surface area contributed by atoms with Gasteiger partial charge in [-0.1, -0.05) is 11.2 Å². The second-order valence-corrected chi connectivity index (χ2v) is 8.54. The number of ether oxygens (including phenoxy) is 2. The maximum absolute atomic E-state index is 12.7. The van der Waals surface area contributed by atoms with E-state index in [-0.39, 0.29) is 11.8 Å². The van der Waals surface area contributed by atoms with Crippen LogP contribution in [0.25, 0.3) is 11.5 Å². The van der Waals surface area contributed by atoms with E-state index >= 15 is 0 Å². The Balaban J connectivity index is 1.38. The fourth-order valence-corrected chi connectivity index (χ4v) is 4.10. The van der Waals surface area contributed by atoms with Crippen LogP contribution < -0.4 is 14.4 Å². The van der Waals surface area contributed by atoms with Crippen molar-refractivity contribution in [1.29, 1.82) is 0 Å². The summed E-state index contributed by atoms with van der Waals surface area (Å²) in [5.74, 6) is 2.60. The normalized spacial score (nSPS) is 15.6. The molecule has 1 saturated heterocycles. The van der Waals surface area contributed by atoms with Crippen LogP contribution in [0, 0.1) is 0 Å². The van der Waals surface area contributed by atoms with Crippen molar-refractivity contribution in [2.75, 3.05) is 45.3 Å². The molecule has 1 aromatic heterocycles. The van der Waals surface area contributed by atoms with E-state index < -0.39 is 0 Å². The monoisotopic (exact) mass is 464 g/mol. The summed E-state index contributed by atoms with van der Waals surface area (Å²) in [6.45, 7) is 6.28. The lowest BCUT2D eigenvalue weighted by atomic mass is 10.1. The first kappa shape index (κ1) is 23.6. The zero-order valence-electron chi connectivity index (χ0n) is 20.3. The van der Waals surface area contributed by atoms with Crippen molar-refractivity contribution in [3.63, 3.8) is 0 Å². The van der Waals surface area contributed by atoms with Crippen molar-refractivity contribution in [1.82, 2.24) is 15.0 Å². The molecule has 1 atom stereocenters. The standard InChI is InChI=1S/C26H32N4O4/c1-5-32-22-12-7-18(15-23(22)33-6-2)13-14-30-17-20(16-24(30)31)25-27-26(34-28-25)19-8-10-21(11-9-19)29(3)4/h7-12,15,20H,5-6,13-14,16-17H2,1-4H3. The number of benzene rings is 2. The van der Waals surface area contributed by atoms with Crippen LogP contribution in [0.5, 0.6) is 11.5 Å². The molecule has 8 heteroatoms. The number of anilines is 1. The van der Waals surface area contributed by atoms with Gasteiger partial charge in [-0.15, -0.1) is 0 Å². The summed E-state index contributed by atoms with van der Waals surface area (Å²) in [5.41, 5.74) is 3.07. The Hall–Kier alpha value is -3.55. The van der Waals surface area contributed by atoms with Crippen LogP contribution in [-0.4, -0.2) is 61.3 Å². The summed E-state index contributed by atoms with van der Waals surface area (Å²) in [4.78, 5) is 21.2. The van der Waals surface area contributed by atoms with Crippen LogP contribution in [0.2, 0.25) is 0 Å². The van der Waals surface area contributed by atoms with Crippen molar-refractivity contribution >= 4 is 11.6 Å². The Morgan fingerprint density at radius 1 is 1.06 bits per heavy atom. The summed E-state index contributed by atoms with van der Waals surface area (Å²) in [7, 11) is 3.99. The third-order valence-electron chi connectivity index (χ3n) is 5.93. The van der Waals surface area contributed by atoms with E-state index in [1.807, 2.05) is 80.2 Å². The SMILES string of the molecule is CCOc1ccc(CCN2CC(c3noc(-c4ccc(N(C)C)cc4)n3)CC2=O)cc1OCC. The van der Waals surface area contributed by atoms with Gasteiger partial charge in [0.15, 0.2) is 17.3 Å². The second-order valence-electron chi connectivity index (χ2n) is 8.54. The van der Waals surface area contributed by atoms with Crippen molar-refractivity contribution in [3.8, 4) is 23.0 Å². The van der Waals surface area contributed by atoms with Crippen molar-refractivity contribution in [3.05, 3.63) is 53.9 Å². The van der Waals surface area contributed by atoms with Gasteiger partial charge in [-0.3, -0.25) is 4.79 Å². The number of rotatable bonds is 10. The molecule has 2 heterocycles. The van der Waals surface area contributed by atoms with Gasteiger partial charge in [-0.25, -0.2) is 0 Å². The van der Waals surface area contributed by atoms with Crippen molar-refractivity contribution in [2.45, 2.75) is 32.6 Å². The van der Waals surface area contributed by atoms with Crippen LogP contribution in [0.4, 0.5) is 5.69 Å². The third-order valence-corrected chi connectivity index (χ3v) is 5.93. The molecule has 0 spiro atoms. The molecule has 0 radical (unpaired) electrons. The maximum atomic E-state index is 12.7. The topological polar surface area (TPSA) is 80.9 Å². The number of aromatic nitrogens is 2. The average molecular weight is 465 g/mol. The van der Waals surface area contributed by atoms with Gasteiger partial charge >= 0.3 is 0 Å². The molecule has 34 heavy (non-hydrogen) atoms. The summed E-state index contributed by atoms with van der Waals surface area (Å²) in [6.07, 6.45) is 1.13. The summed E-state index contributed by atoms with van der Waals surface area (Å²) >= 11 is 0. The summed E-state index contributed by atoms with van der Waals surface area (Å²) in [6, 6.07) is 13.9. The van der Waals surface area contributed by atoms with E-state index in [1.165, 1.54) is 0 Å². The van der Waals surface area contributed by atoms with E-state index in [9.17, 15) is 4.79 Å². The van der Waals surface area contributed by atoms with Crippen LogP contribution >= 0.6 is 0 Å². The van der Waals surface area contributed by atoms with Crippen LogP contribution in [0.15, 0.2) is 47.0 Å². The summed E-state index contributed by atoms with van der Waals surface area (Å²) in [5, 5.41) is 4.17. The minimum atomic E-state index is -0.0645. The van der Waals surface area contributed by atoms with Gasteiger partial charge in [0.1, 0.15) is 0 Å². The van der Waals surface area contributed by atoms with Gasteiger partial charge in [0.2, 0.25) is 5.91 Å². The zero-order valence-corrected chi connectivity index (χ0v) is 20.3. The Bertz CT molecular complexity index is 1110. The average Bonchev–Trinajstić information content (AvgIpc) is 3.46. The molecule has 3 aromatic rings. The van der Waals surface area contributed by atoms with Crippen molar-refractivity contribution in [2.24, 2.45) is 0 Å². The van der Waals surface area contributed by atoms with E-state index in [4.69, 9.17) is 14.0 Å². The lowest BCUT2D eigenvalue weighted by Crippen LogP contribution is -2.27.